The van der Waals surface area contributed by atoms with Crippen molar-refractivity contribution in [3.63, 3.8) is 0 Å². The number of nitrogens with one attached hydrogen (secondary N) is 2. The molecule has 0 radical (unpaired) electrons. The van der Waals surface area contributed by atoms with E-state index in [0.29, 0.717) is 16.3 Å². The second-order valence-electron chi connectivity index (χ2n) is 6.55. The number of aryl methyl sites for hydroxylation is 1. The summed E-state index contributed by atoms with van der Waals surface area (Å²) in [7, 11) is -3.94. The van der Waals surface area contributed by atoms with Gasteiger partial charge in [0.15, 0.2) is 0 Å². The van der Waals surface area contributed by atoms with Gasteiger partial charge in [0.2, 0.25) is 15.9 Å². The molecule has 32 heavy (non-hydrogen) atoms. The van der Waals surface area contributed by atoms with Gasteiger partial charge in [-0.25, -0.2) is 17.8 Å². The van der Waals surface area contributed by atoms with Crippen LogP contribution in [0.3, 0.4) is 0 Å². The molecule has 0 saturated heterocycles. The zero-order chi connectivity index (χ0) is 23.5. The molecule has 2 N–H and O–H groups in total. The fraction of sp³-hybridized carbons (Fsp3) is 0.158. The minimum absolute atomic E-state index is 0.0267. The number of hydrogen-bond acceptors (Lipinski definition) is 6. The normalized spacial score (nSPS) is 11.4. The predicted molar refractivity (Wildman–Crippen MR) is 122 cm³/mol. The van der Waals surface area contributed by atoms with Crippen LogP contribution >= 0.6 is 34.8 Å². The van der Waals surface area contributed by atoms with Crippen molar-refractivity contribution in [3.8, 4) is 0 Å². The molecule has 13 heteroatoms. The van der Waals surface area contributed by atoms with E-state index in [4.69, 9.17) is 34.8 Å². The maximum absolute atomic E-state index is 12.8. The Hall–Kier alpha value is -2.50. The lowest BCUT2D eigenvalue weighted by molar-refractivity contribution is -0.117. The number of rotatable bonds is 7. The van der Waals surface area contributed by atoms with E-state index in [1.165, 1.54) is 18.3 Å². The molecule has 168 valence electrons. The van der Waals surface area contributed by atoms with E-state index in [0.717, 1.165) is 10.9 Å². The number of halogens is 3. The summed E-state index contributed by atoms with van der Waals surface area (Å²) in [6, 6.07) is 7.63. The van der Waals surface area contributed by atoms with Gasteiger partial charge in [-0.2, -0.15) is 5.10 Å². The summed E-state index contributed by atoms with van der Waals surface area (Å²) in [5, 5.41) is 6.34. The van der Waals surface area contributed by atoms with Crippen molar-refractivity contribution in [3.05, 3.63) is 79.4 Å². The molecule has 3 rings (SSSR count). The number of carbonyl (C=O) groups excluding carboxylic acids is 1. The number of benzene rings is 1. The molecule has 0 aliphatic carbocycles. The van der Waals surface area contributed by atoms with Crippen LogP contribution in [-0.2, 0) is 27.9 Å². The number of aromatic nitrogens is 3. The Balaban J connectivity index is 1.76. The number of anilines is 1. The Morgan fingerprint density at radius 1 is 1.16 bits per heavy atom. The van der Waals surface area contributed by atoms with Crippen molar-refractivity contribution in [2.45, 2.75) is 24.9 Å². The first-order valence-electron chi connectivity index (χ1n) is 8.99. The lowest BCUT2D eigenvalue weighted by atomic mass is 10.2. The minimum Gasteiger partial charge on any atom is -0.324 e. The summed E-state index contributed by atoms with van der Waals surface area (Å²) in [6.45, 7) is 1.07. The second-order valence-corrected chi connectivity index (χ2v) is 9.48. The van der Waals surface area contributed by atoms with Crippen LogP contribution in [0.25, 0.3) is 0 Å². The smallest absolute Gasteiger partial charge is 0.287 e. The van der Waals surface area contributed by atoms with Gasteiger partial charge < -0.3 is 5.32 Å². The molecule has 0 saturated carbocycles. The van der Waals surface area contributed by atoms with Crippen LogP contribution in [0.2, 0.25) is 15.1 Å². The Morgan fingerprint density at radius 2 is 1.91 bits per heavy atom. The molecule has 3 aromatic rings. The molecule has 2 heterocycles. The summed E-state index contributed by atoms with van der Waals surface area (Å²) in [6.07, 6.45) is 2.65. The third-order valence-corrected chi connectivity index (χ3v) is 6.90. The maximum Gasteiger partial charge on any atom is 0.287 e. The SMILES string of the molecule is Cc1ccc(NC(=O)Cn2ncc(Cl)c(Cl)c2=O)cc1S(=O)(=O)NCc1ncccc1Cl. The molecule has 0 aliphatic heterocycles. The first-order chi connectivity index (χ1) is 15.1. The van der Waals surface area contributed by atoms with Crippen LogP contribution in [0.1, 0.15) is 11.3 Å². The average Bonchev–Trinajstić information content (AvgIpc) is 2.75. The first kappa shape index (κ1) is 24.1. The molecule has 0 atom stereocenters. The van der Waals surface area contributed by atoms with Gasteiger partial charge in [-0.05, 0) is 36.8 Å². The molecule has 0 aliphatic rings. The second kappa shape index (κ2) is 9.97. The highest BCUT2D eigenvalue weighted by Gasteiger charge is 2.19. The molecule has 1 amide bonds. The van der Waals surface area contributed by atoms with Crippen LogP contribution in [0, 0.1) is 6.92 Å². The highest BCUT2D eigenvalue weighted by Crippen LogP contribution is 2.21. The summed E-state index contributed by atoms with van der Waals surface area (Å²) < 4.78 is 28.9. The van der Waals surface area contributed by atoms with Gasteiger partial charge in [0.05, 0.1) is 33.4 Å². The van der Waals surface area contributed by atoms with Gasteiger partial charge in [0, 0.05) is 11.9 Å². The fourth-order valence-electron chi connectivity index (χ4n) is 2.65. The van der Waals surface area contributed by atoms with Crippen molar-refractivity contribution < 1.29 is 13.2 Å². The molecule has 1 aromatic carbocycles. The summed E-state index contributed by atoms with van der Waals surface area (Å²) in [4.78, 5) is 28.4. The van der Waals surface area contributed by atoms with E-state index >= 15 is 0 Å². The van der Waals surface area contributed by atoms with E-state index in [1.54, 1.807) is 25.1 Å². The van der Waals surface area contributed by atoms with Crippen molar-refractivity contribution in [2.75, 3.05) is 5.32 Å². The van der Waals surface area contributed by atoms with Crippen molar-refractivity contribution in [2.24, 2.45) is 0 Å². The zero-order valence-corrected chi connectivity index (χ0v) is 19.6. The van der Waals surface area contributed by atoms with Gasteiger partial charge in [0.1, 0.15) is 11.6 Å². The van der Waals surface area contributed by atoms with Gasteiger partial charge >= 0.3 is 0 Å². The predicted octanol–water partition coefficient (Wildman–Crippen LogP) is 3.02. The Morgan fingerprint density at radius 3 is 2.62 bits per heavy atom. The van der Waals surface area contributed by atoms with E-state index in [-0.39, 0.29) is 27.2 Å². The van der Waals surface area contributed by atoms with Gasteiger partial charge in [-0.1, -0.05) is 40.9 Å². The molecule has 0 unspecified atom stereocenters. The Labute approximate surface area is 198 Å². The lowest BCUT2D eigenvalue weighted by Crippen LogP contribution is -2.30. The number of carbonyl (C=O) groups is 1. The van der Waals surface area contributed by atoms with Gasteiger partial charge in [-0.3, -0.25) is 14.6 Å². The van der Waals surface area contributed by atoms with Crippen LogP contribution in [0.4, 0.5) is 5.69 Å². The van der Waals surface area contributed by atoms with Crippen LogP contribution < -0.4 is 15.6 Å². The number of nitrogens with zero attached hydrogens (tertiary/aromatic N) is 3. The van der Waals surface area contributed by atoms with E-state index in [9.17, 15) is 18.0 Å². The average molecular weight is 517 g/mol. The van der Waals surface area contributed by atoms with Crippen LogP contribution in [0.15, 0.2) is 52.4 Å². The van der Waals surface area contributed by atoms with Crippen LogP contribution in [0.5, 0.6) is 0 Å². The number of sulfonamides is 1. The highest BCUT2D eigenvalue weighted by molar-refractivity contribution is 7.89. The monoisotopic (exact) mass is 515 g/mol. The van der Waals surface area contributed by atoms with Crippen molar-refractivity contribution >= 4 is 56.4 Å². The summed E-state index contributed by atoms with van der Waals surface area (Å²) in [5.74, 6) is -0.613. The van der Waals surface area contributed by atoms with E-state index in [1.807, 2.05) is 0 Å². The van der Waals surface area contributed by atoms with Crippen molar-refractivity contribution in [1.82, 2.24) is 19.5 Å². The van der Waals surface area contributed by atoms with E-state index < -0.39 is 28.0 Å². The molecule has 0 bridgehead atoms. The molecular weight excluding hydrogens is 501 g/mol. The Kier molecular flexibility index (Phi) is 7.52. The highest BCUT2D eigenvalue weighted by atomic mass is 35.5. The number of amides is 1. The zero-order valence-electron chi connectivity index (χ0n) is 16.5. The van der Waals surface area contributed by atoms with Crippen LogP contribution in [-0.4, -0.2) is 29.1 Å². The quantitative estimate of drug-likeness (QED) is 0.498. The number of hydrogen-bond donors (Lipinski definition) is 2. The third-order valence-electron chi connectivity index (χ3n) is 4.26. The summed E-state index contributed by atoms with van der Waals surface area (Å²) in [5.41, 5.74) is 0.327. The van der Waals surface area contributed by atoms with Gasteiger partial charge in [0.25, 0.3) is 5.56 Å². The first-order valence-corrected chi connectivity index (χ1v) is 11.6. The van der Waals surface area contributed by atoms with Gasteiger partial charge in [-0.15, -0.1) is 0 Å². The standard InChI is InChI=1S/C19H16Cl3N5O4S/c1-11-4-5-12(26-17(28)10-27-19(29)18(22)14(21)8-24-27)7-16(11)32(30,31)25-9-15-13(20)3-2-6-23-15/h2-8,25H,9-10H2,1H3,(H,26,28). The largest absolute Gasteiger partial charge is 0.324 e. The van der Waals surface area contributed by atoms with E-state index in [2.05, 4.69) is 20.1 Å². The minimum atomic E-state index is -3.94. The topological polar surface area (TPSA) is 123 Å². The Bertz CT molecular complexity index is 1350. The fourth-order valence-corrected chi connectivity index (χ4v) is 4.37. The molecule has 9 nitrogen and oxygen atoms in total. The number of pyridine rings is 1. The van der Waals surface area contributed by atoms with Crippen molar-refractivity contribution in [1.29, 1.82) is 0 Å². The third kappa shape index (κ3) is 5.64. The molecule has 2 aromatic heterocycles. The lowest BCUT2D eigenvalue weighted by Gasteiger charge is -2.12. The molecular formula is C19H16Cl3N5O4S. The summed E-state index contributed by atoms with van der Waals surface area (Å²) >= 11 is 17.5. The molecule has 0 spiro atoms. The maximum atomic E-state index is 12.8. The molecule has 0 fully saturated rings.